The number of amides is 1. The first-order valence-corrected chi connectivity index (χ1v) is 17.4. The Morgan fingerprint density at radius 1 is 0.958 bits per heavy atom. The van der Waals surface area contributed by atoms with Crippen LogP contribution in [0.2, 0.25) is 0 Å². The Hall–Kier alpha value is -3.37. The zero-order valence-electron chi connectivity index (χ0n) is 29.6. The van der Waals surface area contributed by atoms with E-state index < -0.39 is 40.4 Å². The van der Waals surface area contributed by atoms with Crippen LogP contribution in [0.15, 0.2) is 25.3 Å². The summed E-state index contributed by atoms with van der Waals surface area (Å²) in [6.07, 6.45) is 6.62. The van der Waals surface area contributed by atoms with E-state index in [1.165, 1.54) is 13.8 Å². The van der Waals surface area contributed by atoms with E-state index in [0.29, 0.717) is 32.1 Å². The van der Waals surface area contributed by atoms with Gasteiger partial charge in [0.15, 0.2) is 23.9 Å². The largest absolute Gasteiger partial charge is 0.519 e. The first-order valence-electron chi connectivity index (χ1n) is 17.4. The number of aryl methyl sites for hydroxylation is 1. The second kappa shape index (κ2) is 11.1. The van der Waals surface area contributed by atoms with Gasteiger partial charge >= 0.3 is 17.9 Å². The molecule has 4 fully saturated rings. The molecule has 6 rings (SSSR count). The Kier molecular flexibility index (Phi) is 7.95. The molecule has 5 aliphatic carbocycles. The summed E-state index contributed by atoms with van der Waals surface area (Å²) in [5.41, 5.74) is -1.89. The summed E-state index contributed by atoms with van der Waals surface area (Å²) in [4.78, 5) is 64.2. The van der Waals surface area contributed by atoms with E-state index >= 15 is 0 Å². The van der Waals surface area contributed by atoms with Crippen molar-refractivity contribution >= 4 is 23.8 Å². The number of hydrogen-bond donors (Lipinski definition) is 2. The summed E-state index contributed by atoms with van der Waals surface area (Å²) in [6, 6.07) is 0. The van der Waals surface area contributed by atoms with Gasteiger partial charge in [0.05, 0.1) is 11.0 Å². The van der Waals surface area contributed by atoms with Crippen LogP contribution in [0.25, 0.3) is 0 Å². The summed E-state index contributed by atoms with van der Waals surface area (Å²) < 4.78 is 21.0. The Balaban J connectivity index is 1.32. The van der Waals surface area contributed by atoms with Gasteiger partial charge < -0.3 is 28.7 Å². The van der Waals surface area contributed by atoms with Crippen molar-refractivity contribution in [1.29, 1.82) is 0 Å². The predicted molar refractivity (Wildman–Crippen MR) is 173 cm³/mol. The van der Waals surface area contributed by atoms with Crippen molar-refractivity contribution in [2.75, 3.05) is 0 Å². The zero-order valence-corrected chi connectivity index (χ0v) is 29.6. The second-order valence-electron chi connectivity index (χ2n) is 17.1. The Morgan fingerprint density at radius 3 is 2.27 bits per heavy atom. The fourth-order valence-corrected chi connectivity index (χ4v) is 11.5. The zero-order chi connectivity index (χ0) is 35.2. The number of rotatable bonds is 5. The normalized spacial score (nSPS) is 43.4. The molecule has 0 radical (unpaired) electrons. The molecule has 10 atom stereocenters. The van der Waals surface area contributed by atoms with E-state index in [9.17, 15) is 29.1 Å². The molecule has 1 heterocycles. The Morgan fingerprint density at radius 2 is 1.65 bits per heavy atom. The molecule has 0 aromatic carbocycles. The van der Waals surface area contributed by atoms with Crippen molar-refractivity contribution in [1.82, 2.24) is 5.32 Å². The quantitative estimate of drug-likeness (QED) is 0.331. The van der Waals surface area contributed by atoms with E-state index in [1.807, 2.05) is 19.9 Å². The molecule has 1 aromatic rings. The smallest absolute Gasteiger partial charge is 0.481 e. The predicted octanol–water partition coefficient (Wildman–Crippen LogP) is 6.50. The number of allylic oxidation sites excluding steroid dienone is 2. The Bertz CT molecular complexity index is 1640. The fraction of sp³-hybridized carbons (Fsp3) is 0.757. The second-order valence-corrected chi connectivity index (χ2v) is 17.1. The third-order valence-corrected chi connectivity index (χ3v) is 14.5. The molecule has 11 nitrogen and oxygen atoms in total. The van der Waals surface area contributed by atoms with Crippen LogP contribution < -0.4 is 11.1 Å². The van der Waals surface area contributed by atoms with Crippen LogP contribution in [0, 0.1) is 51.8 Å². The van der Waals surface area contributed by atoms with Crippen LogP contribution in [0.1, 0.15) is 118 Å². The number of fused-ring (bicyclic) bond motifs is 7. The van der Waals surface area contributed by atoms with Crippen molar-refractivity contribution in [2.24, 2.45) is 44.8 Å². The summed E-state index contributed by atoms with van der Waals surface area (Å²) in [7, 11) is 0. The average molecular weight is 670 g/mol. The van der Waals surface area contributed by atoms with Crippen molar-refractivity contribution in [3.63, 3.8) is 0 Å². The van der Waals surface area contributed by atoms with Crippen molar-refractivity contribution in [2.45, 2.75) is 131 Å². The van der Waals surface area contributed by atoms with E-state index in [-0.39, 0.29) is 63.8 Å². The highest BCUT2D eigenvalue weighted by Gasteiger charge is 2.71. The molecule has 0 saturated heterocycles. The number of nitrogens with one attached hydrogen (secondary N) is 1. The van der Waals surface area contributed by atoms with Gasteiger partial charge in [0.25, 0.3) is 0 Å². The molecule has 1 aromatic heterocycles. The lowest BCUT2D eigenvalue weighted by Crippen LogP contribution is -2.72. The molecular formula is C37H51NO10. The van der Waals surface area contributed by atoms with Gasteiger partial charge in [-0.25, -0.2) is 9.59 Å². The summed E-state index contributed by atoms with van der Waals surface area (Å²) >= 11 is 0. The molecule has 2 N–H and O–H groups in total. The van der Waals surface area contributed by atoms with E-state index in [0.717, 1.165) is 31.3 Å². The maximum Gasteiger partial charge on any atom is 0.519 e. The molecule has 0 spiro atoms. The van der Waals surface area contributed by atoms with Crippen LogP contribution in [0.5, 0.6) is 0 Å². The lowest BCUT2D eigenvalue weighted by atomic mass is 9.34. The van der Waals surface area contributed by atoms with Gasteiger partial charge in [0.2, 0.25) is 5.91 Å². The first-order chi connectivity index (χ1) is 22.2. The first kappa shape index (κ1) is 34.5. The monoisotopic (exact) mass is 669 g/mol. The molecule has 11 heteroatoms. The number of aliphatic carboxylic acids is 1. The number of carboxylic acids is 1. The number of carboxylic acid groups (broad SMARTS) is 1. The maximum absolute atomic E-state index is 14.7. The van der Waals surface area contributed by atoms with Gasteiger partial charge in [-0.15, -0.1) is 0 Å². The number of hydrogen-bond acceptors (Lipinski definition) is 9. The van der Waals surface area contributed by atoms with E-state index in [4.69, 9.17) is 18.3 Å². The molecular weight excluding hydrogens is 618 g/mol. The SMILES string of the molecule is CC(=O)N[C@]1(C)[C@@H](OC(=O)OCc2oc(=O)oc2C)CC[C@@]2(C)[C@H]1CC[C@]1(C)[C@@H]2C(=O)C=C2[C@@H]3C[C@@](C)(C(=O)O)CC[C@]3(C)CC[C@]21C. The molecule has 1 amide bonds. The number of carbonyl (C=O) groups excluding carboxylic acids is 3. The lowest BCUT2D eigenvalue weighted by molar-refractivity contribution is -0.195. The van der Waals surface area contributed by atoms with Gasteiger partial charge in [-0.2, -0.15) is 0 Å². The number of carbonyl (C=O) groups is 4. The van der Waals surface area contributed by atoms with Gasteiger partial charge in [-0.1, -0.05) is 33.3 Å². The van der Waals surface area contributed by atoms with Crippen LogP contribution in [0.3, 0.4) is 0 Å². The lowest BCUT2D eigenvalue weighted by Gasteiger charge is -2.70. The van der Waals surface area contributed by atoms with Crippen LogP contribution in [-0.4, -0.2) is 40.6 Å². The molecule has 0 unspecified atom stereocenters. The molecule has 4 saturated carbocycles. The molecule has 0 bridgehead atoms. The highest BCUT2D eigenvalue weighted by molar-refractivity contribution is 5.96. The minimum atomic E-state index is -0.986. The highest BCUT2D eigenvalue weighted by atomic mass is 16.7. The minimum absolute atomic E-state index is 0.0250. The van der Waals surface area contributed by atoms with Gasteiger partial charge in [-0.05, 0) is 118 Å². The summed E-state index contributed by atoms with van der Waals surface area (Å²) in [5.74, 6) is -2.02. The highest BCUT2D eigenvalue weighted by Crippen LogP contribution is 2.74. The fourth-order valence-electron chi connectivity index (χ4n) is 11.5. The summed E-state index contributed by atoms with van der Waals surface area (Å²) in [6.45, 7) is 15.5. The van der Waals surface area contributed by atoms with Gasteiger partial charge in [0.1, 0.15) is 6.10 Å². The summed E-state index contributed by atoms with van der Waals surface area (Å²) in [5, 5.41) is 13.3. The van der Waals surface area contributed by atoms with Crippen LogP contribution in [0.4, 0.5) is 4.79 Å². The van der Waals surface area contributed by atoms with Crippen molar-refractivity contribution < 1.29 is 42.6 Å². The van der Waals surface area contributed by atoms with Crippen molar-refractivity contribution in [3.8, 4) is 0 Å². The number of ether oxygens (including phenoxy) is 2. The van der Waals surface area contributed by atoms with E-state index in [1.54, 1.807) is 0 Å². The van der Waals surface area contributed by atoms with Crippen molar-refractivity contribution in [3.05, 3.63) is 33.8 Å². The maximum atomic E-state index is 14.7. The number of ketones is 1. The third-order valence-electron chi connectivity index (χ3n) is 14.5. The molecule has 5 aliphatic rings. The molecule has 48 heavy (non-hydrogen) atoms. The minimum Gasteiger partial charge on any atom is -0.481 e. The van der Waals surface area contributed by atoms with Gasteiger partial charge in [0, 0.05) is 12.8 Å². The average Bonchev–Trinajstić information content (AvgIpc) is 3.31. The topological polar surface area (TPSA) is 162 Å². The third kappa shape index (κ3) is 4.91. The van der Waals surface area contributed by atoms with E-state index in [2.05, 4.69) is 33.0 Å². The standard InChI is InChI=1S/C37H51NO10/c1-20-25(47-31(44)46-20)19-45-30(43)48-27-10-11-34(5)26(37(27,8)38-21(2)39)9-12-36(7)28(34)24(40)17-22-23-18-33(4,29(41)42)14-13-32(23,3)15-16-35(22,36)6/h17,23,26-28H,9-16,18-19H2,1-8H3,(H,38,39)(H,41,42)/t23-,26+,27-,28+,32+,33-,34-,35+,36+,37-/m0/s1. The molecule has 0 aliphatic heterocycles. The Labute approximate surface area is 281 Å². The van der Waals surface area contributed by atoms with Crippen LogP contribution >= 0.6 is 0 Å². The van der Waals surface area contributed by atoms with Gasteiger partial charge in [-0.3, -0.25) is 14.4 Å². The van der Waals surface area contributed by atoms with Crippen LogP contribution in [-0.2, 0) is 30.5 Å². The molecule has 264 valence electrons.